The summed E-state index contributed by atoms with van der Waals surface area (Å²) >= 11 is 18.3. The molecule has 118 valence electrons. The largest absolute Gasteiger partial charge is 0.376 e. The summed E-state index contributed by atoms with van der Waals surface area (Å²) in [5, 5.41) is 12.2. The van der Waals surface area contributed by atoms with Crippen LogP contribution in [0.15, 0.2) is 78.4 Å². The van der Waals surface area contributed by atoms with Crippen molar-refractivity contribution in [1.29, 1.82) is 0 Å². The molecule has 2 aromatic carbocycles. The molecule has 0 aliphatic heterocycles. The van der Waals surface area contributed by atoms with Gasteiger partial charge in [0.05, 0.1) is 0 Å². The van der Waals surface area contributed by atoms with Gasteiger partial charge in [-0.25, -0.2) is 0 Å². The normalized spacial score (nSPS) is 19.0. The second-order valence-corrected chi connectivity index (χ2v) is 7.52. The van der Waals surface area contributed by atoms with E-state index in [2.05, 4.69) is 0 Å². The van der Waals surface area contributed by atoms with E-state index in [1.54, 1.807) is 24.3 Å². The van der Waals surface area contributed by atoms with Gasteiger partial charge in [0.15, 0.2) is 0 Å². The van der Waals surface area contributed by atoms with Gasteiger partial charge in [-0.1, -0.05) is 89.4 Å². The maximum absolute atomic E-state index is 11.6. The Morgan fingerprint density at radius 1 is 0.913 bits per heavy atom. The van der Waals surface area contributed by atoms with Crippen molar-refractivity contribution >= 4 is 34.8 Å². The van der Waals surface area contributed by atoms with Gasteiger partial charge in [0.1, 0.15) is 9.93 Å². The summed E-state index contributed by atoms with van der Waals surface area (Å²) in [7, 11) is 0. The molecular weight excluding hydrogens is 351 g/mol. The van der Waals surface area contributed by atoms with Gasteiger partial charge in [-0.15, -0.1) is 0 Å². The Labute approximate surface area is 150 Å². The van der Waals surface area contributed by atoms with Crippen LogP contribution in [0.25, 0.3) is 0 Å². The van der Waals surface area contributed by atoms with Gasteiger partial charge in [0.2, 0.25) is 0 Å². The zero-order valence-electron chi connectivity index (χ0n) is 12.2. The highest BCUT2D eigenvalue weighted by Crippen LogP contribution is 2.42. The number of rotatable bonds is 3. The Kier molecular flexibility index (Phi) is 4.57. The molecule has 0 unspecified atom stereocenters. The SMILES string of the molecule is O[C@](C1=CCC(Cl)(Cl)C=C1)(c1ccccc1)c1ccc(Cl)cc1. The van der Waals surface area contributed by atoms with E-state index in [1.165, 1.54) is 0 Å². The number of allylic oxidation sites excluding steroid dienone is 2. The van der Waals surface area contributed by atoms with E-state index in [4.69, 9.17) is 34.8 Å². The minimum Gasteiger partial charge on any atom is -0.376 e. The number of alkyl halides is 2. The third kappa shape index (κ3) is 3.34. The molecule has 1 nitrogen and oxygen atoms in total. The van der Waals surface area contributed by atoms with E-state index in [9.17, 15) is 5.11 Å². The third-order valence-corrected chi connectivity index (χ3v) is 4.78. The fraction of sp³-hybridized carbons (Fsp3) is 0.158. The highest BCUT2D eigenvalue weighted by molar-refractivity contribution is 6.50. The van der Waals surface area contributed by atoms with Gasteiger partial charge in [0.25, 0.3) is 0 Å². The second kappa shape index (κ2) is 6.33. The molecular formula is C19H15Cl3O. The smallest absolute Gasteiger partial charge is 0.140 e. The van der Waals surface area contributed by atoms with Crippen LogP contribution in [-0.4, -0.2) is 9.44 Å². The zero-order chi connectivity index (χ0) is 16.5. The highest BCUT2D eigenvalue weighted by Gasteiger charge is 2.37. The van der Waals surface area contributed by atoms with Crippen LogP contribution in [0.4, 0.5) is 0 Å². The van der Waals surface area contributed by atoms with Crippen LogP contribution in [0.5, 0.6) is 0 Å². The Morgan fingerprint density at radius 3 is 2.09 bits per heavy atom. The van der Waals surface area contributed by atoms with Crippen molar-refractivity contribution in [3.8, 4) is 0 Å². The first-order chi connectivity index (χ1) is 10.9. The standard InChI is InChI=1S/C19H15Cl3O/c20-17-8-6-15(7-9-17)19(23,14-4-2-1-3-5-14)16-10-12-18(21,22)13-11-16/h1-12,23H,13H2/t19-/m1/s1. The first-order valence-electron chi connectivity index (χ1n) is 7.23. The molecule has 1 N–H and O–H groups in total. The van der Waals surface area contributed by atoms with Crippen molar-refractivity contribution < 1.29 is 5.11 Å². The van der Waals surface area contributed by atoms with Crippen molar-refractivity contribution in [3.05, 3.63) is 94.5 Å². The van der Waals surface area contributed by atoms with Crippen LogP contribution >= 0.6 is 34.8 Å². The Balaban J connectivity index is 2.14. The van der Waals surface area contributed by atoms with E-state index in [-0.39, 0.29) is 0 Å². The predicted molar refractivity (Wildman–Crippen MR) is 97.2 cm³/mol. The zero-order valence-corrected chi connectivity index (χ0v) is 14.5. The summed E-state index contributed by atoms with van der Waals surface area (Å²) < 4.78 is -0.929. The first kappa shape index (κ1) is 16.6. The van der Waals surface area contributed by atoms with Crippen molar-refractivity contribution in [2.75, 3.05) is 0 Å². The lowest BCUT2D eigenvalue weighted by atomic mass is 9.78. The van der Waals surface area contributed by atoms with E-state index >= 15 is 0 Å². The van der Waals surface area contributed by atoms with Crippen LogP contribution in [0.3, 0.4) is 0 Å². The first-order valence-corrected chi connectivity index (χ1v) is 8.37. The fourth-order valence-electron chi connectivity index (χ4n) is 2.73. The molecule has 0 heterocycles. The minimum atomic E-state index is -1.29. The maximum atomic E-state index is 11.6. The van der Waals surface area contributed by atoms with Crippen molar-refractivity contribution in [2.24, 2.45) is 0 Å². The summed E-state index contributed by atoms with van der Waals surface area (Å²) in [6.07, 6.45) is 5.80. The monoisotopic (exact) mass is 364 g/mol. The number of hydrogen-bond acceptors (Lipinski definition) is 1. The number of benzene rings is 2. The molecule has 3 rings (SSSR count). The van der Waals surface area contributed by atoms with Crippen LogP contribution in [0.2, 0.25) is 5.02 Å². The summed E-state index contributed by atoms with van der Waals surface area (Å²) in [6.45, 7) is 0. The van der Waals surface area contributed by atoms with Crippen LogP contribution in [-0.2, 0) is 5.60 Å². The quantitative estimate of drug-likeness (QED) is 0.698. The van der Waals surface area contributed by atoms with Crippen molar-refractivity contribution in [1.82, 2.24) is 0 Å². The second-order valence-electron chi connectivity index (χ2n) is 5.54. The lowest BCUT2D eigenvalue weighted by molar-refractivity contribution is 0.124. The average Bonchev–Trinajstić information content (AvgIpc) is 2.55. The van der Waals surface area contributed by atoms with Gasteiger partial charge in [0, 0.05) is 11.4 Å². The van der Waals surface area contributed by atoms with Crippen molar-refractivity contribution in [3.63, 3.8) is 0 Å². The van der Waals surface area contributed by atoms with E-state index in [1.807, 2.05) is 48.5 Å². The molecule has 0 fully saturated rings. The molecule has 0 bridgehead atoms. The van der Waals surface area contributed by atoms with Crippen LogP contribution in [0, 0.1) is 0 Å². The lowest BCUT2D eigenvalue weighted by Crippen LogP contribution is -2.31. The molecule has 0 radical (unpaired) electrons. The fourth-order valence-corrected chi connectivity index (χ4v) is 3.14. The highest BCUT2D eigenvalue weighted by atomic mass is 35.5. The molecule has 23 heavy (non-hydrogen) atoms. The molecule has 0 spiro atoms. The predicted octanol–water partition coefficient (Wildman–Crippen LogP) is 5.64. The third-order valence-electron chi connectivity index (χ3n) is 3.97. The van der Waals surface area contributed by atoms with E-state index in [0.717, 1.165) is 16.7 Å². The number of hydrogen-bond donors (Lipinski definition) is 1. The Morgan fingerprint density at radius 2 is 1.52 bits per heavy atom. The van der Waals surface area contributed by atoms with Crippen LogP contribution in [0.1, 0.15) is 17.5 Å². The summed E-state index contributed by atoms with van der Waals surface area (Å²) in [6, 6.07) is 16.7. The molecule has 0 saturated carbocycles. The Hall–Kier alpha value is -1.25. The number of halogens is 3. The van der Waals surface area contributed by atoms with E-state index in [0.29, 0.717) is 11.4 Å². The molecule has 2 aromatic rings. The lowest BCUT2D eigenvalue weighted by Gasteiger charge is -2.33. The Bertz CT molecular complexity index is 748. The van der Waals surface area contributed by atoms with Gasteiger partial charge in [-0.05, 0) is 34.9 Å². The average molecular weight is 366 g/mol. The van der Waals surface area contributed by atoms with Crippen molar-refractivity contribution in [2.45, 2.75) is 16.4 Å². The van der Waals surface area contributed by atoms with Crippen LogP contribution < -0.4 is 0 Å². The van der Waals surface area contributed by atoms with Gasteiger partial charge in [-0.3, -0.25) is 0 Å². The topological polar surface area (TPSA) is 20.2 Å². The molecule has 4 heteroatoms. The summed E-state index contributed by atoms with van der Waals surface area (Å²) in [4.78, 5) is 0. The molecule has 0 aromatic heterocycles. The molecule has 0 amide bonds. The van der Waals surface area contributed by atoms with E-state index < -0.39 is 9.93 Å². The number of aliphatic hydroxyl groups is 1. The maximum Gasteiger partial charge on any atom is 0.140 e. The molecule has 1 atom stereocenters. The van der Waals surface area contributed by atoms with Gasteiger partial charge in [-0.2, -0.15) is 0 Å². The summed E-state index contributed by atoms with van der Waals surface area (Å²) in [5.74, 6) is 0. The minimum absolute atomic E-state index is 0.435. The molecule has 1 aliphatic rings. The summed E-state index contributed by atoms with van der Waals surface area (Å²) in [5.41, 5.74) is 0.963. The molecule has 1 aliphatic carbocycles. The molecule has 0 saturated heterocycles. The van der Waals surface area contributed by atoms with Gasteiger partial charge < -0.3 is 5.11 Å². The van der Waals surface area contributed by atoms with Gasteiger partial charge >= 0.3 is 0 Å².